The standard InChI is InChI=1S/C23H28F3NO4S/c24-23(25,26)19-11-7-16(8-12-19)13-14-32(30,31)27-22-18-10-9-17(15-18)20(22)5-3-1-2-4-6-21(28)29/h1,3,7-8,11-14,17-18,20,22,27H,2,4-6,9-10,15H2,(H,28,29). The molecule has 2 aliphatic rings. The van der Waals surface area contributed by atoms with E-state index in [1.165, 1.54) is 18.2 Å². The van der Waals surface area contributed by atoms with E-state index in [2.05, 4.69) is 4.72 Å². The van der Waals surface area contributed by atoms with E-state index >= 15 is 0 Å². The van der Waals surface area contributed by atoms with Gasteiger partial charge in [-0.3, -0.25) is 4.79 Å². The van der Waals surface area contributed by atoms with Crippen molar-refractivity contribution in [2.24, 2.45) is 17.8 Å². The molecule has 0 spiro atoms. The number of alkyl halides is 3. The minimum absolute atomic E-state index is 0.131. The van der Waals surface area contributed by atoms with E-state index in [0.29, 0.717) is 30.2 Å². The van der Waals surface area contributed by atoms with Crippen LogP contribution >= 0.6 is 0 Å². The summed E-state index contributed by atoms with van der Waals surface area (Å²) in [6.07, 6.45) is 6.04. The van der Waals surface area contributed by atoms with Crippen molar-refractivity contribution < 1.29 is 31.5 Å². The average molecular weight is 472 g/mol. The van der Waals surface area contributed by atoms with E-state index in [1.54, 1.807) is 0 Å². The largest absolute Gasteiger partial charge is 0.481 e. The molecule has 2 bridgehead atoms. The zero-order valence-electron chi connectivity index (χ0n) is 17.6. The summed E-state index contributed by atoms with van der Waals surface area (Å²) in [5.41, 5.74) is -0.409. The molecular weight excluding hydrogens is 443 g/mol. The minimum Gasteiger partial charge on any atom is -0.481 e. The fourth-order valence-electron chi connectivity index (χ4n) is 4.86. The number of fused-ring (bicyclic) bond motifs is 2. The molecule has 2 saturated carbocycles. The highest BCUT2D eigenvalue weighted by Crippen LogP contribution is 2.50. The van der Waals surface area contributed by atoms with E-state index < -0.39 is 27.7 Å². The Balaban J connectivity index is 1.59. The summed E-state index contributed by atoms with van der Waals surface area (Å²) in [6.45, 7) is 0. The first-order chi connectivity index (χ1) is 15.0. The number of carbonyl (C=O) groups is 1. The second-order valence-corrected chi connectivity index (χ2v) is 10.2. The zero-order valence-corrected chi connectivity index (χ0v) is 18.4. The van der Waals surface area contributed by atoms with Gasteiger partial charge in [0.1, 0.15) is 0 Å². The summed E-state index contributed by atoms with van der Waals surface area (Å²) in [5, 5.41) is 9.69. The van der Waals surface area contributed by atoms with Crippen molar-refractivity contribution in [1.29, 1.82) is 0 Å². The number of hydrogen-bond donors (Lipinski definition) is 2. The van der Waals surface area contributed by atoms with Crippen molar-refractivity contribution in [2.45, 2.75) is 57.2 Å². The van der Waals surface area contributed by atoms with Crippen molar-refractivity contribution in [2.75, 3.05) is 0 Å². The molecule has 5 nitrogen and oxygen atoms in total. The van der Waals surface area contributed by atoms with Gasteiger partial charge in [-0.1, -0.05) is 24.3 Å². The quantitative estimate of drug-likeness (QED) is 0.362. The first-order valence-electron chi connectivity index (χ1n) is 10.8. The Kier molecular flexibility index (Phi) is 7.82. The van der Waals surface area contributed by atoms with Crippen LogP contribution in [0.15, 0.2) is 41.8 Å². The molecule has 2 fully saturated rings. The molecule has 0 radical (unpaired) electrons. The third-order valence-corrected chi connectivity index (χ3v) is 7.50. The number of sulfonamides is 1. The number of carboxylic acid groups (broad SMARTS) is 1. The average Bonchev–Trinajstić information content (AvgIpc) is 3.31. The number of aliphatic carboxylic acids is 1. The molecule has 0 aliphatic heterocycles. The minimum atomic E-state index is -4.43. The molecule has 1 aromatic carbocycles. The molecule has 0 amide bonds. The summed E-state index contributed by atoms with van der Waals surface area (Å²) in [7, 11) is -3.75. The second-order valence-electron chi connectivity index (χ2n) is 8.60. The monoisotopic (exact) mass is 471 g/mol. The maximum absolute atomic E-state index is 12.7. The summed E-state index contributed by atoms with van der Waals surface area (Å²) in [4.78, 5) is 10.6. The molecule has 1 aromatic rings. The van der Waals surface area contributed by atoms with Gasteiger partial charge in [0, 0.05) is 17.9 Å². The summed E-state index contributed by atoms with van der Waals surface area (Å²) in [5.74, 6) is 0.138. The van der Waals surface area contributed by atoms with Gasteiger partial charge in [0.05, 0.1) is 5.56 Å². The van der Waals surface area contributed by atoms with Gasteiger partial charge in [-0.05, 0) is 80.1 Å². The third kappa shape index (κ3) is 6.68. The van der Waals surface area contributed by atoms with Crippen molar-refractivity contribution >= 4 is 22.1 Å². The smallest absolute Gasteiger partial charge is 0.416 e. The molecule has 0 heterocycles. The normalized spacial score (nSPS) is 25.8. The highest BCUT2D eigenvalue weighted by Gasteiger charge is 2.47. The Morgan fingerprint density at radius 2 is 1.81 bits per heavy atom. The van der Waals surface area contributed by atoms with E-state index in [9.17, 15) is 26.4 Å². The maximum atomic E-state index is 12.7. The van der Waals surface area contributed by atoms with Gasteiger partial charge >= 0.3 is 12.1 Å². The van der Waals surface area contributed by atoms with Gasteiger partial charge in [0.15, 0.2) is 0 Å². The van der Waals surface area contributed by atoms with Crippen LogP contribution in [0.1, 0.15) is 56.1 Å². The molecule has 0 aromatic heterocycles. The molecule has 32 heavy (non-hydrogen) atoms. The highest BCUT2D eigenvalue weighted by atomic mass is 32.2. The third-order valence-electron chi connectivity index (χ3n) is 6.40. The van der Waals surface area contributed by atoms with Crippen molar-refractivity contribution in [1.82, 2.24) is 4.72 Å². The van der Waals surface area contributed by atoms with Crippen LogP contribution in [0.3, 0.4) is 0 Å². The molecule has 176 valence electrons. The lowest BCUT2D eigenvalue weighted by atomic mass is 9.83. The second kappa shape index (κ2) is 10.2. The van der Waals surface area contributed by atoms with Crippen molar-refractivity contribution in [3.63, 3.8) is 0 Å². The molecule has 4 atom stereocenters. The molecule has 3 rings (SSSR count). The van der Waals surface area contributed by atoms with Crippen LogP contribution in [-0.4, -0.2) is 25.5 Å². The Bertz CT molecular complexity index is 954. The molecule has 0 saturated heterocycles. The Hall–Kier alpha value is -2.13. The zero-order chi connectivity index (χ0) is 23.4. The van der Waals surface area contributed by atoms with E-state index in [-0.39, 0.29) is 18.4 Å². The molecule has 2 N–H and O–H groups in total. The fourth-order valence-corrected chi connectivity index (χ4v) is 6.02. The number of nitrogens with one attached hydrogen (secondary N) is 1. The van der Waals surface area contributed by atoms with Crippen LogP contribution < -0.4 is 4.72 Å². The molecule has 9 heteroatoms. The van der Waals surface area contributed by atoms with Crippen LogP contribution in [0.5, 0.6) is 0 Å². The van der Waals surface area contributed by atoms with Crippen LogP contribution in [-0.2, 0) is 21.0 Å². The van der Waals surface area contributed by atoms with Crippen molar-refractivity contribution in [3.05, 3.63) is 53.0 Å². The van der Waals surface area contributed by atoms with Gasteiger partial charge in [0.25, 0.3) is 0 Å². The topological polar surface area (TPSA) is 83.5 Å². The van der Waals surface area contributed by atoms with Crippen LogP contribution in [0.4, 0.5) is 13.2 Å². The van der Waals surface area contributed by atoms with Crippen molar-refractivity contribution in [3.8, 4) is 0 Å². The number of unbranched alkanes of at least 4 members (excludes halogenated alkanes) is 1. The number of allylic oxidation sites excluding steroid dienone is 2. The first kappa shape index (κ1) is 24.5. The summed E-state index contributed by atoms with van der Waals surface area (Å²) >= 11 is 0. The van der Waals surface area contributed by atoms with Gasteiger partial charge in [-0.15, -0.1) is 0 Å². The maximum Gasteiger partial charge on any atom is 0.416 e. The fraction of sp³-hybridized carbons (Fsp3) is 0.522. The molecular formula is C23H28F3NO4S. The van der Waals surface area contributed by atoms with Gasteiger partial charge < -0.3 is 5.11 Å². The van der Waals surface area contributed by atoms with Gasteiger partial charge in [-0.2, -0.15) is 13.2 Å². The highest BCUT2D eigenvalue weighted by molar-refractivity contribution is 7.92. The van der Waals surface area contributed by atoms with E-state index in [4.69, 9.17) is 5.11 Å². The number of rotatable bonds is 10. The molecule has 2 aliphatic carbocycles. The van der Waals surface area contributed by atoms with E-state index in [1.807, 2.05) is 12.2 Å². The number of hydrogen-bond acceptors (Lipinski definition) is 3. The lowest BCUT2D eigenvalue weighted by molar-refractivity contribution is -0.138. The predicted octanol–water partition coefficient (Wildman–Crippen LogP) is 5.21. The summed E-state index contributed by atoms with van der Waals surface area (Å²) < 4.78 is 66.1. The molecule has 4 unspecified atom stereocenters. The van der Waals surface area contributed by atoms with Crippen LogP contribution in [0, 0.1) is 17.8 Å². The first-order valence-corrected chi connectivity index (χ1v) is 12.3. The SMILES string of the molecule is O=C(O)CCCC=CCC1C2CCC(C2)C1NS(=O)(=O)C=Cc1ccc(C(F)(F)F)cc1. The Labute approximate surface area is 186 Å². The Morgan fingerprint density at radius 3 is 2.47 bits per heavy atom. The van der Waals surface area contributed by atoms with E-state index in [0.717, 1.165) is 43.2 Å². The number of benzene rings is 1. The predicted molar refractivity (Wildman–Crippen MR) is 116 cm³/mol. The van der Waals surface area contributed by atoms with Crippen LogP contribution in [0.2, 0.25) is 0 Å². The Morgan fingerprint density at radius 1 is 1.12 bits per heavy atom. The van der Waals surface area contributed by atoms with Crippen LogP contribution in [0.25, 0.3) is 6.08 Å². The summed E-state index contributed by atoms with van der Waals surface area (Å²) in [6, 6.07) is 4.16. The number of carboxylic acids is 1. The lowest BCUT2D eigenvalue weighted by Gasteiger charge is -2.30. The van der Waals surface area contributed by atoms with Gasteiger partial charge in [0.2, 0.25) is 10.0 Å². The van der Waals surface area contributed by atoms with Gasteiger partial charge in [-0.25, -0.2) is 13.1 Å². The lowest BCUT2D eigenvalue weighted by Crippen LogP contribution is -2.43. The number of halogens is 3.